The first-order valence-corrected chi connectivity index (χ1v) is 11.3. The maximum atomic E-state index is 13.3. The van der Waals surface area contributed by atoms with E-state index in [0.717, 1.165) is 27.8 Å². The van der Waals surface area contributed by atoms with Crippen LogP contribution in [0.3, 0.4) is 0 Å². The summed E-state index contributed by atoms with van der Waals surface area (Å²) in [5, 5.41) is 5.50. The fraction of sp³-hybridized carbons (Fsp3) is 0.200. The Labute approximate surface area is 195 Å². The summed E-state index contributed by atoms with van der Waals surface area (Å²) in [5.41, 5.74) is 2.48. The first kappa shape index (κ1) is 22.5. The van der Waals surface area contributed by atoms with Gasteiger partial charge >= 0.3 is 0 Å². The molecule has 33 heavy (non-hydrogen) atoms. The molecule has 1 amide bonds. The van der Waals surface area contributed by atoms with Gasteiger partial charge in [0.1, 0.15) is 17.3 Å². The lowest BCUT2D eigenvalue weighted by molar-refractivity contribution is 0.0913. The molecule has 0 unspecified atom stereocenters. The van der Waals surface area contributed by atoms with E-state index < -0.39 is 0 Å². The Morgan fingerprint density at radius 2 is 1.85 bits per heavy atom. The molecule has 0 radical (unpaired) electrons. The van der Waals surface area contributed by atoms with Gasteiger partial charge in [0, 0.05) is 22.7 Å². The topological polar surface area (TPSA) is 67.6 Å². The predicted molar refractivity (Wildman–Crippen MR) is 128 cm³/mol. The van der Waals surface area contributed by atoms with Crippen LogP contribution in [-0.2, 0) is 6.54 Å². The van der Waals surface area contributed by atoms with E-state index in [-0.39, 0.29) is 23.5 Å². The second kappa shape index (κ2) is 9.87. The number of halogens is 1. The third-order valence-corrected chi connectivity index (χ3v) is 5.73. The van der Waals surface area contributed by atoms with Crippen molar-refractivity contribution in [2.45, 2.75) is 26.4 Å². The summed E-state index contributed by atoms with van der Waals surface area (Å²) in [4.78, 5) is 19.1. The van der Waals surface area contributed by atoms with Crippen LogP contribution < -0.4 is 15.0 Å². The van der Waals surface area contributed by atoms with Gasteiger partial charge in [0.05, 0.1) is 19.3 Å². The molecule has 2 aromatic carbocycles. The normalized spacial score (nSPS) is 10.9. The Balaban J connectivity index is 1.64. The minimum atomic E-state index is -0.288. The monoisotopic (exact) mass is 465 g/mol. The zero-order chi connectivity index (χ0) is 23.4. The molecule has 0 saturated heterocycles. The van der Waals surface area contributed by atoms with Crippen molar-refractivity contribution in [2.24, 2.45) is 0 Å². The molecule has 170 valence electrons. The molecule has 0 aliphatic rings. The maximum Gasteiger partial charge on any atom is 0.287 e. The van der Waals surface area contributed by atoms with Crippen molar-refractivity contribution in [2.75, 3.05) is 12.0 Å². The number of nitrogens with one attached hydrogen (secondary N) is 1. The molecule has 2 heterocycles. The number of benzene rings is 2. The zero-order valence-corrected chi connectivity index (χ0v) is 19.4. The van der Waals surface area contributed by atoms with E-state index in [9.17, 15) is 9.18 Å². The summed E-state index contributed by atoms with van der Waals surface area (Å²) in [5.74, 6) is 1.09. The van der Waals surface area contributed by atoms with E-state index in [1.807, 2.05) is 48.4 Å². The number of hydrogen-bond donors (Lipinski definition) is 1. The number of ether oxygens (including phenoxy) is 1. The molecule has 0 aliphatic heterocycles. The van der Waals surface area contributed by atoms with Crippen molar-refractivity contribution in [1.82, 2.24) is 10.3 Å². The van der Waals surface area contributed by atoms with Crippen LogP contribution in [-0.4, -0.2) is 24.0 Å². The van der Waals surface area contributed by atoms with E-state index in [1.165, 1.54) is 23.5 Å². The van der Waals surface area contributed by atoms with Gasteiger partial charge in [-0.2, -0.15) is 0 Å². The van der Waals surface area contributed by atoms with Gasteiger partial charge < -0.3 is 19.4 Å². The van der Waals surface area contributed by atoms with E-state index in [2.05, 4.69) is 5.32 Å². The number of thiazole rings is 1. The van der Waals surface area contributed by atoms with Gasteiger partial charge in [-0.3, -0.25) is 4.79 Å². The first-order valence-electron chi connectivity index (χ1n) is 10.5. The number of carbonyl (C=O) groups excluding carboxylic acids is 1. The lowest BCUT2D eigenvalue weighted by Gasteiger charge is -2.21. The number of carbonyl (C=O) groups is 1. The Morgan fingerprint density at radius 1 is 1.12 bits per heavy atom. The molecule has 0 saturated carbocycles. The van der Waals surface area contributed by atoms with Crippen LogP contribution in [0.15, 0.2) is 70.5 Å². The molecule has 0 fully saturated rings. The zero-order valence-electron chi connectivity index (χ0n) is 18.5. The minimum Gasteiger partial charge on any atom is -0.497 e. The van der Waals surface area contributed by atoms with Crippen LogP contribution in [0.5, 0.6) is 5.75 Å². The van der Waals surface area contributed by atoms with E-state index >= 15 is 0 Å². The summed E-state index contributed by atoms with van der Waals surface area (Å²) in [7, 11) is 1.62. The Kier molecular flexibility index (Phi) is 6.74. The number of amides is 1. The second-order valence-corrected chi connectivity index (χ2v) is 8.54. The number of anilines is 2. The van der Waals surface area contributed by atoms with Gasteiger partial charge in [0.2, 0.25) is 0 Å². The SMILES string of the molecule is COc1ccc(N(Cc2ccc(C(=O)NC(C)C)o2)c2nc(-c3ccc(F)cc3)cs2)cc1. The van der Waals surface area contributed by atoms with Gasteiger partial charge in [-0.1, -0.05) is 0 Å². The number of aromatic nitrogens is 1. The molecule has 6 nitrogen and oxygen atoms in total. The van der Waals surface area contributed by atoms with Gasteiger partial charge in [0.25, 0.3) is 5.91 Å². The molecule has 4 aromatic rings. The average molecular weight is 466 g/mol. The number of hydrogen-bond acceptors (Lipinski definition) is 6. The Hall–Kier alpha value is -3.65. The summed E-state index contributed by atoms with van der Waals surface area (Å²) in [6.45, 7) is 4.17. The van der Waals surface area contributed by atoms with Gasteiger partial charge in [-0.05, 0) is 74.5 Å². The molecule has 0 bridgehead atoms. The van der Waals surface area contributed by atoms with Crippen LogP contribution in [0.4, 0.5) is 15.2 Å². The summed E-state index contributed by atoms with van der Waals surface area (Å²) >= 11 is 1.47. The number of nitrogens with zero attached hydrogens (tertiary/aromatic N) is 2. The van der Waals surface area contributed by atoms with Crippen LogP contribution in [0.1, 0.15) is 30.2 Å². The molecule has 0 spiro atoms. The van der Waals surface area contributed by atoms with E-state index in [4.69, 9.17) is 14.1 Å². The van der Waals surface area contributed by atoms with Crippen molar-refractivity contribution in [3.63, 3.8) is 0 Å². The molecule has 1 N–H and O–H groups in total. The van der Waals surface area contributed by atoms with Crippen LogP contribution in [0, 0.1) is 5.82 Å². The summed E-state index contributed by atoms with van der Waals surface area (Å²) in [6, 6.07) is 17.4. The van der Waals surface area contributed by atoms with Crippen molar-refractivity contribution in [1.29, 1.82) is 0 Å². The Bertz CT molecular complexity index is 1220. The fourth-order valence-electron chi connectivity index (χ4n) is 3.25. The third-order valence-electron chi connectivity index (χ3n) is 4.87. The van der Waals surface area contributed by atoms with Crippen LogP contribution in [0.25, 0.3) is 11.3 Å². The highest BCUT2D eigenvalue weighted by atomic mass is 32.1. The lowest BCUT2D eigenvalue weighted by atomic mass is 10.2. The van der Waals surface area contributed by atoms with Gasteiger partial charge in [-0.25, -0.2) is 9.37 Å². The molecular weight excluding hydrogens is 441 g/mol. The van der Waals surface area contributed by atoms with Crippen molar-refractivity contribution in [3.05, 3.63) is 83.4 Å². The van der Waals surface area contributed by atoms with E-state index in [1.54, 1.807) is 31.4 Å². The summed E-state index contributed by atoms with van der Waals surface area (Å²) in [6.07, 6.45) is 0. The molecule has 0 aliphatic carbocycles. The molecule has 0 atom stereocenters. The number of rotatable bonds is 8. The highest BCUT2D eigenvalue weighted by Crippen LogP contribution is 2.34. The molecule has 8 heteroatoms. The smallest absolute Gasteiger partial charge is 0.287 e. The second-order valence-electron chi connectivity index (χ2n) is 7.70. The molecule has 2 aromatic heterocycles. The van der Waals surface area contributed by atoms with Crippen LogP contribution in [0.2, 0.25) is 0 Å². The molecule has 4 rings (SSSR count). The number of methoxy groups -OCH3 is 1. The fourth-order valence-corrected chi connectivity index (χ4v) is 4.10. The highest BCUT2D eigenvalue weighted by Gasteiger charge is 2.19. The number of furan rings is 1. The predicted octanol–water partition coefficient (Wildman–Crippen LogP) is 6.03. The standard InChI is InChI=1S/C25H24FN3O3S/c1-16(2)27-24(30)23-13-12-21(32-23)14-29(19-8-10-20(31-3)11-9-19)25-28-22(15-33-25)17-4-6-18(26)7-5-17/h4-13,15-16H,14H2,1-3H3,(H,27,30). The average Bonchev–Trinajstić information content (AvgIpc) is 3.48. The highest BCUT2D eigenvalue weighted by molar-refractivity contribution is 7.14. The van der Waals surface area contributed by atoms with Crippen LogP contribution >= 0.6 is 11.3 Å². The van der Waals surface area contributed by atoms with Crippen molar-refractivity contribution >= 4 is 28.1 Å². The molecular formula is C25H24FN3O3S. The first-order chi connectivity index (χ1) is 15.9. The third kappa shape index (κ3) is 5.40. The summed E-state index contributed by atoms with van der Waals surface area (Å²) < 4.78 is 24.4. The quantitative estimate of drug-likeness (QED) is 0.344. The maximum absolute atomic E-state index is 13.3. The lowest BCUT2D eigenvalue weighted by Crippen LogP contribution is -2.29. The minimum absolute atomic E-state index is 0.0158. The Morgan fingerprint density at radius 3 is 2.52 bits per heavy atom. The van der Waals surface area contributed by atoms with Crippen molar-refractivity contribution in [3.8, 4) is 17.0 Å². The van der Waals surface area contributed by atoms with E-state index in [0.29, 0.717) is 12.3 Å². The van der Waals surface area contributed by atoms with Crippen molar-refractivity contribution < 1.29 is 18.3 Å². The van der Waals surface area contributed by atoms with Gasteiger partial charge in [0.15, 0.2) is 10.9 Å². The largest absolute Gasteiger partial charge is 0.497 e. The van der Waals surface area contributed by atoms with Gasteiger partial charge in [-0.15, -0.1) is 11.3 Å².